The molecule has 0 saturated heterocycles. The average Bonchev–Trinajstić information content (AvgIpc) is 2.37. The Labute approximate surface area is 116 Å². The van der Waals surface area contributed by atoms with Crippen LogP contribution in [0.25, 0.3) is 0 Å². The second-order valence-corrected chi connectivity index (χ2v) is 4.42. The Morgan fingerprint density at radius 3 is 2.79 bits per heavy atom. The quantitative estimate of drug-likeness (QED) is 0.741. The summed E-state index contributed by atoms with van der Waals surface area (Å²) in [5.74, 6) is -1.02. The summed E-state index contributed by atoms with van der Waals surface area (Å²) in [6.07, 6.45) is 2.09. The normalized spacial score (nSPS) is 11.7. The number of carboxylic acids is 1. The highest BCUT2D eigenvalue weighted by molar-refractivity contribution is 6.33. The van der Waals surface area contributed by atoms with Gasteiger partial charge in [0.2, 0.25) is 5.91 Å². The molecule has 0 aliphatic rings. The van der Waals surface area contributed by atoms with Crippen LogP contribution in [0.1, 0.15) is 30.6 Å². The molecule has 104 valence electrons. The number of anilines is 1. The highest BCUT2D eigenvalue weighted by atomic mass is 35.5. The number of pyridine rings is 1. The number of hydrogen-bond donors (Lipinski definition) is 3. The second-order valence-electron chi connectivity index (χ2n) is 4.01. The first kappa shape index (κ1) is 15.2. The monoisotopic (exact) mass is 285 g/mol. The minimum Gasteiger partial charge on any atom is -0.478 e. The van der Waals surface area contributed by atoms with E-state index in [1.807, 2.05) is 6.92 Å². The van der Waals surface area contributed by atoms with E-state index in [-0.39, 0.29) is 16.5 Å². The maximum absolute atomic E-state index is 11.6. The van der Waals surface area contributed by atoms with Crippen LogP contribution in [0.15, 0.2) is 12.3 Å². The second kappa shape index (κ2) is 6.94. The van der Waals surface area contributed by atoms with Crippen LogP contribution >= 0.6 is 11.6 Å². The number of amides is 1. The Morgan fingerprint density at radius 1 is 1.53 bits per heavy atom. The van der Waals surface area contributed by atoms with Gasteiger partial charge in [-0.3, -0.25) is 4.79 Å². The number of rotatable bonds is 6. The van der Waals surface area contributed by atoms with E-state index in [2.05, 4.69) is 15.6 Å². The number of nitrogens with zero attached hydrogens (tertiary/aromatic N) is 1. The van der Waals surface area contributed by atoms with Gasteiger partial charge in [-0.05, 0) is 19.4 Å². The Bertz CT molecular complexity index is 479. The Morgan fingerprint density at radius 2 is 2.21 bits per heavy atom. The fourth-order valence-electron chi connectivity index (χ4n) is 1.37. The summed E-state index contributed by atoms with van der Waals surface area (Å²) in [5, 5.41) is 14.5. The van der Waals surface area contributed by atoms with Gasteiger partial charge in [0.1, 0.15) is 11.9 Å². The Balaban J connectivity index is 2.74. The lowest BCUT2D eigenvalue weighted by atomic mass is 10.2. The molecule has 0 aliphatic carbocycles. The lowest BCUT2D eigenvalue weighted by molar-refractivity contribution is -0.121. The van der Waals surface area contributed by atoms with Crippen molar-refractivity contribution in [3.63, 3.8) is 0 Å². The number of aromatic nitrogens is 1. The highest BCUT2D eigenvalue weighted by Gasteiger charge is 2.15. The van der Waals surface area contributed by atoms with Gasteiger partial charge in [0.15, 0.2) is 0 Å². The zero-order chi connectivity index (χ0) is 14.4. The van der Waals surface area contributed by atoms with Crippen LogP contribution in [0.4, 0.5) is 5.82 Å². The molecule has 1 rings (SSSR count). The first-order valence-electron chi connectivity index (χ1n) is 5.88. The van der Waals surface area contributed by atoms with Crippen molar-refractivity contribution < 1.29 is 14.7 Å². The minimum atomic E-state index is -1.14. The third kappa shape index (κ3) is 4.40. The van der Waals surface area contributed by atoms with Gasteiger partial charge in [-0.2, -0.15) is 0 Å². The summed E-state index contributed by atoms with van der Waals surface area (Å²) in [6, 6.07) is 0.788. The van der Waals surface area contributed by atoms with Gasteiger partial charge in [-0.25, -0.2) is 9.78 Å². The average molecular weight is 286 g/mol. The van der Waals surface area contributed by atoms with Gasteiger partial charge in [0.25, 0.3) is 0 Å². The molecule has 1 unspecified atom stereocenters. The van der Waals surface area contributed by atoms with Crippen molar-refractivity contribution in [2.24, 2.45) is 0 Å². The molecule has 3 N–H and O–H groups in total. The van der Waals surface area contributed by atoms with E-state index in [4.69, 9.17) is 16.7 Å². The maximum Gasteiger partial charge on any atom is 0.337 e. The zero-order valence-electron chi connectivity index (χ0n) is 10.7. The molecule has 0 fully saturated rings. The van der Waals surface area contributed by atoms with Gasteiger partial charge in [-0.15, -0.1) is 0 Å². The van der Waals surface area contributed by atoms with E-state index in [0.29, 0.717) is 12.4 Å². The Hall–Kier alpha value is -1.82. The van der Waals surface area contributed by atoms with E-state index in [0.717, 1.165) is 6.42 Å². The number of halogens is 1. The molecule has 7 heteroatoms. The predicted octanol–water partition coefficient (Wildman–Crippen LogP) is 1.76. The topological polar surface area (TPSA) is 91.3 Å². The SMILES string of the molecule is CCCNC(=O)C(C)Nc1cc(C(=O)O)c(Cl)cn1. The number of nitrogens with one attached hydrogen (secondary N) is 2. The number of aromatic carboxylic acids is 1. The number of hydrogen-bond acceptors (Lipinski definition) is 4. The van der Waals surface area contributed by atoms with Crippen LogP contribution in [0.3, 0.4) is 0 Å². The van der Waals surface area contributed by atoms with Crippen molar-refractivity contribution >= 4 is 29.3 Å². The summed E-state index contributed by atoms with van der Waals surface area (Å²) in [7, 11) is 0. The lowest BCUT2D eigenvalue weighted by Gasteiger charge is -2.14. The largest absolute Gasteiger partial charge is 0.478 e. The third-order valence-corrected chi connectivity index (χ3v) is 2.69. The molecule has 0 aliphatic heterocycles. The summed E-state index contributed by atoms with van der Waals surface area (Å²) >= 11 is 5.71. The van der Waals surface area contributed by atoms with E-state index in [1.54, 1.807) is 6.92 Å². The van der Waals surface area contributed by atoms with Crippen molar-refractivity contribution in [3.8, 4) is 0 Å². The number of carbonyl (C=O) groups is 2. The molecule has 0 bridgehead atoms. The van der Waals surface area contributed by atoms with Gasteiger partial charge in [0.05, 0.1) is 10.6 Å². The first-order valence-corrected chi connectivity index (χ1v) is 6.26. The smallest absolute Gasteiger partial charge is 0.337 e. The van der Waals surface area contributed by atoms with Gasteiger partial charge >= 0.3 is 5.97 Å². The fourth-order valence-corrected chi connectivity index (χ4v) is 1.55. The Kier molecular flexibility index (Phi) is 5.57. The van der Waals surface area contributed by atoms with Crippen molar-refractivity contribution in [3.05, 3.63) is 22.8 Å². The zero-order valence-corrected chi connectivity index (χ0v) is 11.5. The summed E-state index contributed by atoms with van der Waals surface area (Å²) in [4.78, 5) is 26.5. The van der Waals surface area contributed by atoms with Gasteiger partial charge in [-0.1, -0.05) is 18.5 Å². The van der Waals surface area contributed by atoms with Crippen LogP contribution in [0, 0.1) is 0 Å². The number of carbonyl (C=O) groups excluding carboxylic acids is 1. The molecule has 0 radical (unpaired) electrons. The fraction of sp³-hybridized carbons (Fsp3) is 0.417. The summed E-state index contributed by atoms with van der Waals surface area (Å²) < 4.78 is 0. The van der Waals surface area contributed by atoms with Crippen LogP contribution in [-0.4, -0.2) is 34.6 Å². The molecule has 1 aromatic rings. The van der Waals surface area contributed by atoms with Crippen LogP contribution in [-0.2, 0) is 4.79 Å². The molecular formula is C12H16ClN3O3. The molecule has 6 nitrogen and oxygen atoms in total. The van der Waals surface area contributed by atoms with Crippen molar-refractivity contribution in [1.29, 1.82) is 0 Å². The van der Waals surface area contributed by atoms with Gasteiger partial charge in [0, 0.05) is 12.7 Å². The van der Waals surface area contributed by atoms with Crippen LogP contribution in [0.5, 0.6) is 0 Å². The van der Waals surface area contributed by atoms with E-state index < -0.39 is 12.0 Å². The first-order chi connectivity index (χ1) is 8.95. The van der Waals surface area contributed by atoms with E-state index in [1.165, 1.54) is 12.3 Å². The summed E-state index contributed by atoms with van der Waals surface area (Å²) in [5.41, 5.74) is -0.0552. The molecule has 19 heavy (non-hydrogen) atoms. The molecule has 1 amide bonds. The molecular weight excluding hydrogens is 270 g/mol. The van der Waals surface area contributed by atoms with Gasteiger partial charge < -0.3 is 15.7 Å². The molecule has 1 aromatic heterocycles. The van der Waals surface area contributed by atoms with Crippen LogP contribution in [0.2, 0.25) is 5.02 Å². The van der Waals surface area contributed by atoms with Crippen LogP contribution < -0.4 is 10.6 Å². The minimum absolute atomic E-state index is 0.0552. The van der Waals surface area contributed by atoms with E-state index >= 15 is 0 Å². The molecule has 0 saturated carbocycles. The molecule has 0 spiro atoms. The van der Waals surface area contributed by atoms with Crippen molar-refractivity contribution in [1.82, 2.24) is 10.3 Å². The molecule has 0 aromatic carbocycles. The predicted molar refractivity (Wildman–Crippen MR) is 72.6 cm³/mol. The third-order valence-electron chi connectivity index (χ3n) is 2.39. The number of carboxylic acid groups (broad SMARTS) is 1. The molecule has 1 heterocycles. The van der Waals surface area contributed by atoms with Crippen molar-refractivity contribution in [2.45, 2.75) is 26.3 Å². The maximum atomic E-state index is 11.6. The highest BCUT2D eigenvalue weighted by Crippen LogP contribution is 2.18. The lowest BCUT2D eigenvalue weighted by Crippen LogP contribution is -2.38. The summed E-state index contributed by atoms with van der Waals surface area (Å²) in [6.45, 7) is 4.22. The molecule has 1 atom stereocenters. The van der Waals surface area contributed by atoms with Crippen molar-refractivity contribution in [2.75, 3.05) is 11.9 Å². The standard InChI is InChI=1S/C12H16ClN3O3/c1-3-4-14-11(17)7(2)16-10-5-8(12(18)19)9(13)6-15-10/h5-7H,3-4H2,1-2H3,(H,14,17)(H,15,16)(H,18,19). The van der Waals surface area contributed by atoms with E-state index in [9.17, 15) is 9.59 Å².